The number of aliphatic hydroxyl groups excluding tert-OH is 1. The standard InChI is InChI=1S/C7H13NO5S/c1-6(2)7(10)8-13-14(11,12)5-3-4-9/h9H,1,3-5H2,2H3,(H,8,10). The summed E-state index contributed by atoms with van der Waals surface area (Å²) in [6.45, 7) is 4.45. The van der Waals surface area contributed by atoms with Crippen molar-refractivity contribution in [3.63, 3.8) is 0 Å². The van der Waals surface area contributed by atoms with Crippen LogP contribution in [0.2, 0.25) is 0 Å². The highest BCUT2D eigenvalue weighted by molar-refractivity contribution is 7.86. The smallest absolute Gasteiger partial charge is 0.288 e. The Kier molecular flexibility index (Phi) is 5.36. The van der Waals surface area contributed by atoms with Gasteiger partial charge in [0.25, 0.3) is 16.0 Å². The summed E-state index contributed by atoms with van der Waals surface area (Å²) in [7, 11) is -3.81. The van der Waals surface area contributed by atoms with Crippen LogP contribution in [-0.2, 0) is 19.2 Å². The average Bonchev–Trinajstić information content (AvgIpc) is 2.11. The molecule has 0 spiro atoms. The molecule has 0 aromatic heterocycles. The van der Waals surface area contributed by atoms with Gasteiger partial charge in [0.05, 0.1) is 5.75 Å². The highest BCUT2D eigenvalue weighted by atomic mass is 32.2. The van der Waals surface area contributed by atoms with Crippen molar-refractivity contribution < 1.29 is 22.6 Å². The average molecular weight is 223 g/mol. The van der Waals surface area contributed by atoms with Gasteiger partial charge >= 0.3 is 0 Å². The van der Waals surface area contributed by atoms with E-state index in [1.54, 1.807) is 5.48 Å². The molecule has 7 heteroatoms. The zero-order valence-corrected chi connectivity index (χ0v) is 8.63. The van der Waals surface area contributed by atoms with Crippen molar-refractivity contribution in [1.29, 1.82) is 0 Å². The molecule has 0 bridgehead atoms. The number of carbonyl (C=O) groups excluding carboxylic acids is 1. The summed E-state index contributed by atoms with van der Waals surface area (Å²) in [6.07, 6.45) is 0.0608. The predicted octanol–water partition coefficient (Wildman–Crippen LogP) is -0.677. The largest absolute Gasteiger partial charge is 0.396 e. The maximum absolute atomic E-state index is 10.9. The van der Waals surface area contributed by atoms with Gasteiger partial charge in [-0.25, -0.2) is 5.48 Å². The van der Waals surface area contributed by atoms with Gasteiger partial charge in [-0.15, -0.1) is 4.28 Å². The van der Waals surface area contributed by atoms with E-state index < -0.39 is 16.0 Å². The van der Waals surface area contributed by atoms with Gasteiger partial charge < -0.3 is 5.11 Å². The van der Waals surface area contributed by atoms with Crippen LogP contribution < -0.4 is 5.48 Å². The van der Waals surface area contributed by atoms with E-state index in [-0.39, 0.29) is 24.4 Å². The van der Waals surface area contributed by atoms with E-state index in [0.717, 1.165) is 0 Å². The third-order valence-corrected chi connectivity index (χ3v) is 2.33. The summed E-state index contributed by atoms with van der Waals surface area (Å²) >= 11 is 0. The molecule has 2 N–H and O–H groups in total. The third-order valence-electron chi connectivity index (χ3n) is 1.20. The fraction of sp³-hybridized carbons (Fsp3) is 0.571. The van der Waals surface area contributed by atoms with Crippen molar-refractivity contribution >= 4 is 16.0 Å². The van der Waals surface area contributed by atoms with E-state index in [1.807, 2.05) is 0 Å². The van der Waals surface area contributed by atoms with Crippen LogP contribution >= 0.6 is 0 Å². The molecule has 6 nitrogen and oxygen atoms in total. The Bertz CT molecular complexity index is 308. The molecule has 0 atom stereocenters. The molecule has 0 aliphatic rings. The minimum Gasteiger partial charge on any atom is -0.396 e. The maximum Gasteiger partial charge on any atom is 0.288 e. The van der Waals surface area contributed by atoms with Gasteiger partial charge in [0.2, 0.25) is 0 Å². The molecule has 1 amide bonds. The van der Waals surface area contributed by atoms with Crippen LogP contribution in [-0.4, -0.2) is 31.8 Å². The van der Waals surface area contributed by atoms with Crippen molar-refractivity contribution in [2.45, 2.75) is 13.3 Å². The van der Waals surface area contributed by atoms with Crippen molar-refractivity contribution in [2.75, 3.05) is 12.4 Å². The van der Waals surface area contributed by atoms with E-state index in [9.17, 15) is 13.2 Å². The summed E-state index contributed by atoms with van der Waals surface area (Å²) in [5.74, 6) is -1.04. The zero-order chi connectivity index (χ0) is 11.2. The lowest BCUT2D eigenvalue weighted by atomic mass is 10.3. The number of hydrogen-bond acceptors (Lipinski definition) is 5. The third kappa shape index (κ3) is 5.68. The Balaban J connectivity index is 4.00. The molecule has 0 aromatic rings. The van der Waals surface area contributed by atoms with Crippen molar-refractivity contribution in [2.24, 2.45) is 0 Å². The number of aliphatic hydroxyl groups is 1. The Hall–Kier alpha value is -0.920. The van der Waals surface area contributed by atoms with Gasteiger partial charge in [-0.3, -0.25) is 4.79 Å². The number of nitrogens with one attached hydrogen (secondary N) is 1. The van der Waals surface area contributed by atoms with Crippen LogP contribution in [0.5, 0.6) is 0 Å². The molecule has 0 radical (unpaired) electrons. The minimum atomic E-state index is -3.81. The summed E-state index contributed by atoms with van der Waals surface area (Å²) in [6, 6.07) is 0. The van der Waals surface area contributed by atoms with Crippen LogP contribution in [0.3, 0.4) is 0 Å². The Morgan fingerprint density at radius 3 is 2.57 bits per heavy atom. The van der Waals surface area contributed by atoms with Gasteiger partial charge in [-0.05, 0) is 13.3 Å². The number of carbonyl (C=O) groups is 1. The first-order chi connectivity index (χ1) is 6.39. The summed E-state index contributed by atoms with van der Waals surface area (Å²) in [4.78, 5) is 10.8. The minimum absolute atomic E-state index is 0.0608. The van der Waals surface area contributed by atoms with Crippen molar-refractivity contribution in [3.05, 3.63) is 12.2 Å². The van der Waals surface area contributed by atoms with Crippen LogP contribution in [0.15, 0.2) is 12.2 Å². The highest BCUT2D eigenvalue weighted by Crippen LogP contribution is 1.94. The molecular formula is C7H13NO5S. The number of hydroxylamine groups is 1. The molecule has 14 heavy (non-hydrogen) atoms. The lowest BCUT2D eigenvalue weighted by Crippen LogP contribution is -2.28. The molecule has 0 saturated carbocycles. The number of amides is 1. The molecule has 0 saturated heterocycles. The second-order valence-electron chi connectivity index (χ2n) is 2.63. The molecule has 0 aromatic carbocycles. The summed E-state index contributed by atoms with van der Waals surface area (Å²) in [5, 5.41) is 8.37. The topological polar surface area (TPSA) is 92.7 Å². The Morgan fingerprint density at radius 2 is 2.14 bits per heavy atom. The Morgan fingerprint density at radius 1 is 1.57 bits per heavy atom. The molecular weight excluding hydrogens is 210 g/mol. The quantitative estimate of drug-likeness (QED) is 0.460. The lowest BCUT2D eigenvalue weighted by molar-refractivity contribution is -0.123. The number of rotatable bonds is 6. The monoisotopic (exact) mass is 223 g/mol. The summed E-state index contributed by atoms with van der Waals surface area (Å²) < 4.78 is 26.0. The van der Waals surface area contributed by atoms with Gasteiger partial charge in [0, 0.05) is 12.2 Å². The van der Waals surface area contributed by atoms with E-state index in [2.05, 4.69) is 10.9 Å². The van der Waals surface area contributed by atoms with E-state index in [0.29, 0.717) is 0 Å². The second kappa shape index (κ2) is 5.74. The fourth-order valence-corrected chi connectivity index (χ4v) is 1.24. The number of hydrogen-bond donors (Lipinski definition) is 2. The first kappa shape index (κ1) is 13.1. The van der Waals surface area contributed by atoms with Gasteiger partial charge in [-0.1, -0.05) is 6.58 Å². The molecule has 0 rings (SSSR count). The van der Waals surface area contributed by atoms with Crippen molar-refractivity contribution in [3.8, 4) is 0 Å². The molecule has 0 fully saturated rings. The van der Waals surface area contributed by atoms with Gasteiger partial charge in [0.1, 0.15) is 0 Å². The molecule has 82 valence electrons. The first-order valence-electron chi connectivity index (χ1n) is 3.87. The predicted molar refractivity (Wildman–Crippen MR) is 49.5 cm³/mol. The van der Waals surface area contributed by atoms with E-state index in [1.165, 1.54) is 6.92 Å². The molecule has 0 aliphatic heterocycles. The first-order valence-corrected chi connectivity index (χ1v) is 5.44. The molecule has 0 heterocycles. The zero-order valence-electron chi connectivity index (χ0n) is 7.82. The van der Waals surface area contributed by atoms with E-state index >= 15 is 0 Å². The lowest BCUT2D eigenvalue weighted by Gasteiger charge is -2.04. The fourth-order valence-electron chi connectivity index (χ4n) is 0.471. The molecule has 0 aliphatic carbocycles. The van der Waals surface area contributed by atoms with Gasteiger partial charge in [0.15, 0.2) is 0 Å². The normalized spacial score (nSPS) is 11.0. The maximum atomic E-state index is 10.9. The van der Waals surface area contributed by atoms with Gasteiger partial charge in [-0.2, -0.15) is 8.42 Å². The van der Waals surface area contributed by atoms with Crippen LogP contribution in [0, 0.1) is 0 Å². The Labute approximate surface area is 82.6 Å². The summed E-state index contributed by atoms with van der Waals surface area (Å²) in [5.41, 5.74) is 1.86. The van der Waals surface area contributed by atoms with Crippen molar-refractivity contribution in [1.82, 2.24) is 5.48 Å². The second-order valence-corrected chi connectivity index (χ2v) is 4.32. The SMILES string of the molecule is C=C(C)C(=O)NOS(=O)(=O)CCCO. The highest BCUT2D eigenvalue weighted by Gasteiger charge is 2.13. The molecule has 0 unspecified atom stereocenters. The van der Waals surface area contributed by atoms with Crippen LogP contribution in [0.1, 0.15) is 13.3 Å². The van der Waals surface area contributed by atoms with E-state index in [4.69, 9.17) is 5.11 Å². The van der Waals surface area contributed by atoms with Crippen LogP contribution in [0.25, 0.3) is 0 Å². The van der Waals surface area contributed by atoms with Crippen LogP contribution in [0.4, 0.5) is 0 Å².